The van der Waals surface area contributed by atoms with Crippen LogP contribution in [0.15, 0.2) is 36.7 Å². The van der Waals surface area contributed by atoms with E-state index in [1.165, 1.54) is 0 Å². The van der Waals surface area contributed by atoms with E-state index >= 15 is 0 Å². The number of nitrogens with zero attached hydrogens (tertiary/aromatic N) is 1. The van der Waals surface area contributed by atoms with E-state index in [-0.39, 0.29) is 6.04 Å². The van der Waals surface area contributed by atoms with Crippen LogP contribution in [-0.2, 0) is 0 Å². The third-order valence-electron chi connectivity index (χ3n) is 3.06. The molecule has 1 heterocycles. The van der Waals surface area contributed by atoms with E-state index in [1.807, 2.05) is 25.1 Å². The molecule has 5 heteroatoms. The van der Waals surface area contributed by atoms with Crippen molar-refractivity contribution in [2.75, 3.05) is 12.8 Å². The smallest absolute Gasteiger partial charge is 0.124 e. The van der Waals surface area contributed by atoms with Crippen molar-refractivity contribution in [3.05, 3.63) is 53.3 Å². The molecule has 0 fully saturated rings. The third kappa shape index (κ3) is 2.67. The molecule has 0 aliphatic rings. The molecule has 0 saturated carbocycles. The lowest BCUT2D eigenvalue weighted by Gasteiger charge is -2.20. The quantitative estimate of drug-likeness (QED) is 0.572. The van der Waals surface area contributed by atoms with Gasteiger partial charge in [0.25, 0.3) is 0 Å². The minimum Gasteiger partial charge on any atom is -0.496 e. The molecule has 0 radical (unpaired) electrons. The van der Waals surface area contributed by atoms with E-state index in [0.717, 1.165) is 22.4 Å². The van der Waals surface area contributed by atoms with E-state index < -0.39 is 0 Å². The van der Waals surface area contributed by atoms with Crippen molar-refractivity contribution < 1.29 is 4.74 Å². The van der Waals surface area contributed by atoms with Gasteiger partial charge < -0.3 is 10.5 Å². The number of pyridine rings is 1. The number of aryl methyl sites for hydroxylation is 1. The Morgan fingerprint density at radius 1 is 1.26 bits per heavy atom. The molecule has 0 amide bonds. The van der Waals surface area contributed by atoms with Crippen LogP contribution in [0.25, 0.3) is 0 Å². The van der Waals surface area contributed by atoms with Crippen LogP contribution in [0.1, 0.15) is 22.7 Å². The molecule has 100 valence electrons. The maximum Gasteiger partial charge on any atom is 0.124 e. The fraction of sp³-hybridized carbons (Fsp3) is 0.214. The Kier molecular flexibility index (Phi) is 3.99. The van der Waals surface area contributed by atoms with Gasteiger partial charge in [-0.3, -0.25) is 10.8 Å². The SMILES string of the molecule is COc1cc(C)ccc1C(NN)c1cnccc1N. The summed E-state index contributed by atoms with van der Waals surface area (Å²) in [5.41, 5.74) is 12.3. The fourth-order valence-corrected chi connectivity index (χ4v) is 2.06. The van der Waals surface area contributed by atoms with Gasteiger partial charge in [-0.1, -0.05) is 12.1 Å². The molecule has 5 N–H and O–H groups in total. The molecule has 1 aromatic heterocycles. The average Bonchev–Trinajstić information content (AvgIpc) is 2.43. The number of ether oxygens (including phenoxy) is 1. The Labute approximate surface area is 112 Å². The van der Waals surface area contributed by atoms with E-state index in [1.54, 1.807) is 25.6 Å². The summed E-state index contributed by atoms with van der Waals surface area (Å²) in [7, 11) is 1.64. The molecule has 2 rings (SSSR count). The molecule has 0 aliphatic carbocycles. The number of nitrogen functional groups attached to an aromatic ring is 1. The number of hydrogen-bond acceptors (Lipinski definition) is 5. The van der Waals surface area contributed by atoms with E-state index in [2.05, 4.69) is 10.4 Å². The van der Waals surface area contributed by atoms with Crippen molar-refractivity contribution in [3.63, 3.8) is 0 Å². The molecule has 1 aromatic carbocycles. The van der Waals surface area contributed by atoms with E-state index in [0.29, 0.717) is 5.69 Å². The summed E-state index contributed by atoms with van der Waals surface area (Å²) in [5.74, 6) is 6.45. The Bertz CT molecular complexity index is 571. The highest BCUT2D eigenvalue weighted by molar-refractivity contribution is 5.52. The van der Waals surface area contributed by atoms with Gasteiger partial charge in [0.15, 0.2) is 0 Å². The summed E-state index contributed by atoms with van der Waals surface area (Å²) in [6.07, 6.45) is 3.36. The van der Waals surface area contributed by atoms with Gasteiger partial charge in [-0.2, -0.15) is 0 Å². The van der Waals surface area contributed by atoms with Crippen molar-refractivity contribution in [3.8, 4) is 5.75 Å². The summed E-state index contributed by atoms with van der Waals surface area (Å²) in [4.78, 5) is 4.10. The van der Waals surface area contributed by atoms with Crippen LogP contribution in [0.3, 0.4) is 0 Å². The zero-order valence-electron chi connectivity index (χ0n) is 11.1. The molecule has 0 spiro atoms. The summed E-state index contributed by atoms with van der Waals surface area (Å²) in [6, 6.07) is 7.44. The molecule has 19 heavy (non-hydrogen) atoms. The predicted molar refractivity (Wildman–Crippen MR) is 75.5 cm³/mol. The first-order chi connectivity index (χ1) is 9.17. The number of hydrogen-bond donors (Lipinski definition) is 3. The number of aromatic nitrogens is 1. The minimum absolute atomic E-state index is 0.260. The molecule has 0 bridgehead atoms. The molecule has 2 aromatic rings. The van der Waals surface area contributed by atoms with Gasteiger partial charge in [0.2, 0.25) is 0 Å². The van der Waals surface area contributed by atoms with Gasteiger partial charge in [0, 0.05) is 29.2 Å². The van der Waals surface area contributed by atoms with Crippen molar-refractivity contribution in [1.82, 2.24) is 10.4 Å². The summed E-state index contributed by atoms with van der Waals surface area (Å²) in [6.45, 7) is 2.01. The van der Waals surface area contributed by atoms with Crippen LogP contribution in [0.5, 0.6) is 5.75 Å². The van der Waals surface area contributed by atoms with Crippen LogP contribution >= 0.6 is 0 Å². The number of nitrogens with two attached hydrogens (primary N) is 2. The van der Waals surface area contributed by atoms with Crippen molar-refractivity contribution in [2.45, 2.75) is 13.0 Å². The zero-order chi connectivity index (χ0) is 13.8. The first-order valence-corrected chi connectivity index (χ1v) is 5.97. The number of hydrazine groups is 1. The second kappa shape index (κ2) is 5.69. The second-order valence-corrected chi connectivity index (χ2v) is 4.35. The minimum atomic E-state index is -0.260. The molecular formula is C14H18N4O. The van der Waals surface area contributed by atoms with Gasteiger partial charge in [-0.25, -0.2) is 5.43 Å². The Hall–Kier alpha value is -2.11. The summed E-state index contributed by atoms with van der Waals surface area (Å²) >= 11 is 0. The molecule has 1 atom stereocenters. The maximum absolute atomic E-state index is 5.98. The fourth-order valence-electron chi connectivity index (χ4n) is 2.06. The molecular weight excluding hydrogens is 240 g/mol. The van der Waals surface area contributed by atoms with Crippen molar-refractivity contribution in [1.29, 1.82) is 0 Å². The topological polar surface area (TPSA) is 86.2 Å². The van der Waals surface area contributed by atoms with Crippen LogP contribution in [0, 0.1) is 6.92 Å². The van der Waals surface area contributed by atoms with Gasteiger partial charge in [-0.15, -0.1) is 0 Å². The van der Waals surface area contributed by atoms with Crippen LogP contribution < -0.4 is 21.7 Å². The highest BCUT2D eigenvalue weighted by atomic mass is 16.5. The van der Waals surface area contributed by atoms with E-state index in [9.17, 15) is 0 Å². The lowest BCUT2D eigenvalue weighted by Crippen LogP contribution is -2.30. The van der Waals surface area contributed by atoms with Gasteiger partial charge in [-0.05, 0) is 24.6 Å². The lowest BCUT2D eigenvalue weighted by atomic mass is 9.97. The predicted octanol–water partition coefficient (Wildman–Crippen LogP) is 1.53. The maximum atomic E-state index is 5.98. The monoisotopic (exact) mass is 258 g/mol. The van der Waals surface area contributed by atoms with Crippen LogP contribution in [0.2, 0.25) is 0 Å². The Morgan fingerprint density at radius 2 is 2.05 bits per heavy atom. The number of methoxy groups -OCH3 is 1. The van der Waals surface area contributed by atoms with Gasteiger partial charge in [0.05, 0.1) is 13.2 Å². The van der Waals surface area contributed by atoms with Crippen LogP contribution in [-0.4, -0.2) is 12.1 Å². The first kappa shape index (κ1) is 13.3. The highest BCUT2D eigenvalue weighted by Crippen LogP contribution is 2.32. The number of benzene rings is 1. The molecule has 1 unspecified atom stereocenters. The second-order valence-electron chi connectivity index (χ2n) is 4.35. The highest BCUT2D eigenvalue weighted by Gasteiger charge is 2.19. The first-order valence-electron chi connectivity index (χ1n) is 5.97. The standard InChI is InChI=1S/C14H18N4O/c1-9-3-4-10(13(7-9)19-2)14(18-16)11-8-17-6-5-12(11)15/h3-8,14,18H,16H2,1-2H3,(H2,15,17). The van der Waals surface area contributed by atoms with Gasteiger partial charge in [0.1, 0.15) is 5.75 Å². The van der Waals surface area contributed by atoms with Crippen molar-refractivity contribution >= 4 is 5.69 Å². The average molecular weight is 258 g/mol. The lowest BCUT2D eigenvalue weighted by molar-refractivity contribution is 0.404. The van der Waals surface area contributed by atoms with Gasteiger partial charge >= 0.3 is 0 Å². The number of nitrogens with one attached hydrogen (secondary N) is 1. The van der Waals surface area contributed by atoms with Crippen molar-refractivity contribution in [2.24, 2.45) is 5.84 Å². The Balaban J connectivity index is 2.51. The molecule has 5 nitrogen and oxygen atoms in total. The zero-order valence-corrected chi connectivity index (χ0v) is 11.1. The third-order valence-corrected chi connectivity index (χ3v) is 3.06. The van der Waals surface area contributed by atoms with Crippen LogP contribution in [0.4, 0.5) is 5.69 Å². The summed E-state index contributed by atoms with van der Waals surface area (Å²) < 4.78 is 5.41. The molecule has 0 aliphatic heterocycles. The van der Waals surface area contributed by atoms with E-state index in [4.69, 9.17) is 16.3 Å². The normalized spacial score (nSPS) is 12.2. The summed E-state index contributed by atoms with van der Waals surface area (Å²) in [5, 5.41) is 0. The Morgan fingerprint density at radius 3 is 2.68 bits per heavy atom. The molecule has 0 saturated heterocycles. The largest absolute Gasteiger partial charge is 0.496 e. The number of rotatable bonds is 4. The number of anilines is 1.